The number of fused-ring (bicyclic) bond motifs is 1. The minimum Gasteiger partial charge on any atom is -0.493 e. The summed E-state index contributed by atoms with van der Waals surface area (Å²) < 4.78 is 10.5. The van der Waals surface area contributed by atoms with Crippen LogP contribution in [-0.4, -0.2) is 49.9 Å². The van der Waals surface area contributed by atoms with E-state index in [-0.39, 0.29) is 42.5 Å². The number of hydrogen-bond acceptors (Lipinski definition) is 5. The monoisotopic (exact) mass is 388 g/mol. The van der Waals surface area contributed by atoms with Gasteiger partial charge in [-0.2, -0.15) is 0 Å². The van der Waals surface area contributed by atoms with Crippen molar-refractivity contribution >= 4 is 17.7 Å². The molecule has 1 aliphatic heterocycles. The Kier molecular flexibility index (Phi) is 6.54. The summed E-state index contributed by atoms with van der Waals surface area (Å²) in [7, 11) is 3.17. The molecule has 2 fully saturated rings. The van der Waals surface area contributed by atoms with Crippen molar-refractivity contribution in [3.05, 3.63) is 23.8 Å². The topological polar surface area (TPSA) is 84.9 Å². The first-order valence-electron chi connectivity index (χ1n) is 9.88. The summed E-state index contributed by atoms with van der Waals surface area (Å²) in [5.41, 5.74) is 1.02. The van der Waals surface area contributed by atoms with Crippen LogP contribution in [0.25, 0.3) is 0 Å². The number of nitrogens with zero attached hydrogens (tertiary/aromatic N) is 1. The van der Waals surface area contributed by atoms with Gasteiger partial charge in [0.1, 0.15) is 0 Å². The highest BCUT2D eigenvalue weighted by Gasteiger charge is 2.47. The third kappa shape index (κ3) is 4.29. The molecule has 0 unspecified atom stereocenters. The van der Waals surface area contributed by atoms with Gasteiger partial charge in [0, 0.05) is 19.5 Å². The smallest absolute Gasteiger partial charge is 0.233 e. The number of methoxy groups -OCH3 is 2. The van der Waals surface area contributed by atoms with Crippen LogP contribution in [0.4, 0.5) is 0 Å². The predicted molar refractivity (Wildman–Crippen MR) is 103 cm³/mol. The Bertz CT molecular complexity index is 724. The van der Waals surface area contributed by atoms with Gasteiger partial charge in [0.25, 0.3) is 0 Å². The number of benzene rings is 1. The molecule has 1 saturated carbocycles. The molecule has 3 rings (SSSR count). The molecule has 1 aromatic rings. The maximum atomic E-state index is 12.4. The van der Waals surface area contributed by atoms with Gasteiger partial charge < -0.3 is 14.8 Å². The highest BCUT2D eigenvalue weighted by Crippen LogP contribution is 2.37. The fourth-order valence-corrected chi connectivity index (χ4v) is 4.14. The number of likely N-dealkylation sites (tertiary alicyclic amines) is 1. The molecule has 152 valence electrons. The van der Waals surface area contributed by atoms with Crippen molar-refractivity contribution in [1.29, 1.82) is 0 Å². The van der Waals surface area contributed by atoms with E-state index in [1.807, 2.05) is 18.2 Å². The summed E-state index contributed by atoms with van der Waals surface area (Å²) in [6.07, 6.45) is 4.39. The number of amides is 3. The molecule has 1 N–H and O–H groups in total. The van der Waals surface area contributed by atoms with Crippen LogP contribution in [0.5, 0.6) is 11.5 Å². The molecule has 1 aliphatic carbocycles. The quantitative estimate of drug-likeness (QED) is 0.688. The minimum atomic E-state index is -0.158. The van der Waals surface area contributed by atoms with E-state index in [0.29, 0.717) is 24.5 Å². The normalized spacial score (nSPS) is 21.4. The van der Waals surface area contributed by atoms with Gasteiger partial charge in [-0.05, 0) is 37.0 Å². The second kappa shape index (κ2) is 9.08. The third-order valence-corrected chi connectivity index (χ3v) is 5.68. The summed E-state index contributed by atoms with van der Waals surface area (Å²) >= 11 is 0. The van der Waals surface area contributed by atoms with Crippen molar-refractivity contribution in [3.63, 3.8) is 0 Å². The maximum absolute atomic E-state index is 12.4. The van der Waals surface area contributed by atoms with E-state index in [0.717, 1.165) is 31.2 Å². The lowest BCUT2D eigenvalue weighted by Gasteiger charge is -2.19. The molecular formula is C21H28N2O5. The number of carbonyl (C=O) groups is 3. The van der Waals surface area contributed by atoms with Crippen LogP contribution < -0.4 is 14.8 Å². The van der Waals surface area contributed by atoms with E-state index in [1.165, 1.54) is 4.90 Å². The van der Waals surface area contributed by atoms with Crippen molar-refractivity contribution in [2.45, 2.75) is 38.5 Å². The first-order chi connectivity index (χ1) is 13.5. The summed E-state index contributed by atoms with van der Waals surface area (Å²) in [5.74, 6) is 0.662. The van der Waals surface area contributed by atoms with Crippen LogP contribution in [0.2, 0.25) is 0 Å². The third-order valence-electron chi connectivity index (χ3n) is 5.68. The highest BCUT2D eigenvalue weighted by atomic mass is 16.5. The second-order valence-electron chi connectivity index (χ2n) is 7.36. The Balaban J connectivity index is 1.44. The zero-order valence-corrected chi connectivity index (χ0v) is 16.5. The first-order valence-corrected chi connectivity index (χ1v) is 9.88. The summed E-state index contributed by atoms with van der Waals surface area (Å²) in [6, 6.07) is 5.64. The van der Waals surface area contributed by atoms with E-state index < -0.39 is 0 Å². The van der Waals surface area contributed by atoms with Gasteiger partial charge in [-0.3, -0.25) is 19.3 Å². The predicted octanol–water partition coefficient (Wildman–Crippen LogP) is 1.93. The fraction of sp³-hybridized carbons (Fsp3) is 0.571. The number of carbonyl (C=O) groups excluding carboxylic acids is 3. The van der Waals surface area contributed by atoms with Gasteiger partial charge in [-0.1, -0.05) is 18.9 Å². The Morgan fingerprint density at radius 3 is 2.32 bits per heavy atom. The molecule has 28 heavy (non-hydrogen) atoms. The van der Waals surface area contributed by atoms with Crippen LogP contribution in [0.15, 0.2) is 18.2 Å². The van der Waals surface area contributed by atoms with Crippen molar-refractivity contribution < 1.29 is 23.9 Å². The van der Waals surface area contributed by atoms with E-state index in [1.54, 1.807) is 14.2 Å². The zero-order chi connectivity index (χ0) is 20.1. The van der Waals surface area contributed by atoms with E-state index in [2.05, 4.69) is 5.32 Å². The van der Waals surface area contributed by atoms with Gasteiger partial charge in [0.05, 0.1) is 26.1 Å². The zero-order valence-electron chi connectivity index (χ0n) is 16.5. The maximum Gasteiger partial charge on any atom is 0.233 e. The van der Waals surface area contributed by atoms with Gasteiger partial charge >= 0.3 is 0 Å². The van der Waals surface area contributed by atoms with Gasteiger partial charge in [0.15, 0.2) is 11.5 Å². The molecule has 0 bridgehead atoms. The Morgan fingerprint density at radius 1 is 1.07 bits per heavy atom. The average Bonchev–Trinajstić information content (AvgIpc) is 2.96. The molecule has 2 aliphatic rings. The lowest BCUT2D eigenvalue weighted by molar-refractivity contribution is -0.140. The molecular weight excluding hydrogens is 360 g/mol. The number of ether oxygens (including phenoxy) is 2. The van der Waals surface area contributed by atoms with Crippen molar-refractivity contribution in [2.75, 3.05) is 27.3 Å². The molecule has 1 aromatic carbocycles. The summed E-state index contributed by atoms with van der Waals surface area (Å²) in [6.45, 7) is 0.647. The average molecular weight is 388 g/mol. The van der Waals surface area contributed by atoms with E-state index in [9.17, 15) is 14.4 Å². The van der Waals surface area contributed by atoms with Crippen LogP contribution in [0.3, 0.4) is 0 Å². The molecule has 0 spiro atoms. The van der Waals surface area contributed by atoms with Gasteiger partial charge in [-0.15, -0.1) is 0 Å². The van der Waals surface area contributed by atoms with Crippen molar-refractivity contribution in [3.8, 4) is 11.5 Å². The van der Waals surface area contributed by atoms with Crippen LogP contribution in [0, 0.1) is 11.8 Å². The van der Waals surface area contributed by atoms with Crippen LogP contribution in [0.1, 0.15) is 37.7 Å². The largest absolute Gasteiger partial charge is 0.493 e. The highest BCUT2D eigenvalue weighted by molar-refractivity contribution is 6.05. The lowest BCUT2D eigenvalue weighted by atomic mass is 9.81. The number of hydrogen-bond donors (Lipinski definition) is 1. The van der Waals surface area contributed by atoms with Crippen LogP contribution in [-0.2, 0) is 20.8 Å². The van der Waals surface area contributed by atoms with E-state index >= 15 is 0 Å². The molecule has 1 heterocycles. The second-order valence-corrected chi connectivity index (χ2v) is 7.36. The first kappa shape index (κ1) is 20.2. The molecule has 7 heteroatoms. The Morgan fingerprint density at radius 2 is 1.71 bits per heavy atom. The lowest BCUT2D eigenvalue weighted by Crippen LogP contribution is -2.35. The number of nitrogens with one attached hydrogen (secondary N) is 1. The Hall–Kier alpha value is -2.57. The van der Waals surface area contributed by atoms with Gasteiger partial charge in [-0.25, -0.2) is 0 Å². The van der Waals surface area contributed by atoms with E-state index in [4.69, 9.17) is 9.47 Å². The van der Waals surface area contributed by atoms with Crippen molar-refractivity contribution in [1.82, 2.24) is 10.2 Å². The van der Waals surface area contributed by atoms with Gasteiger partial charge in [0.2, 0.25) is 17.7 Å². The fourth-order valence-electron chi connectivity index (χ4n) is 4.14. The number of rotatable bonds is 8. The van der Waals surface area contributed by atoms with Crippen molar-refractivity contribution in [2.24, 2.45) is 11.8 Å². The molecule has 1 saturated heterocycles. The molecule has 2 atom stereocenters. The molecule has 3 amide bonds. The summed E-state index contributed by atoms with van der Waals surface area (Å²) in [5, 5.41) is 2.85. The van der Waals surface area contributed by atoms with Crippen LogP contribution >= 0.6 is 0 Å². The Labute approximate surface area is 165 Å². The molecule has 0 radical (unpaired) electrons. The summed E-state index contributed by atoms with van der Waals surface area (Å²) in [4.78, 5) is 38.3. The minimum absolute atomic E-state index is 0.0900. The standard InChI is InChI=1S/C21H28N2O5/c1-27-17-8-7-14(13-18(17)28-2)9-11-22-19(24)10-12-23-20(25)15-5-3-4-6-16(15)21(23)26/h7-8,13,15-16H,3-6,9-12H2,1-2H3,(H,22,24)/t15-,16+. The SMILES string of the molecule is COc1ccc(CCNC(=O)CCN2C(=O)[C@H]3CCCC[C@H]3C2=O)cc1OC. The molecule has 7 nitrogen and oxygen atoms in total. The molecule has 0 aromatic heterocycles. The number of imide groups is 1.